The Bertz CT molecular complexity index is 279. The molecular weight excluding hydrogens is 276 g/mol. The van der Waals surface area contributed by atoms with Gasteiger partial charge < -0.3 is 10.0 Å². The van der Waals surface area contributed by atoms with E-state index in [4.69, 9.17) is 0 Å². The molecule has 0 aromatic carbocycles. The van der Waals surface area contributed by atoms with E-state index in [0.717, 1.165) is 6.42 Å². The summed E-state index contributed by atoms with van der Waals surface area (Å²) in [4.78, 5) is 1.81. The van der Waals surface area contributed by atoms with Crippen LogP contribution in [0.4, 0.5) is 26.3 Å². The van der Waals surface area contributed by atoms with E-state index in [9.17, 15) is 31.4 Å². The number of rotatable bonds is 3. The third kappa shape index (κ3) is 3.16. The molecule has 1 N–H and O–H groups in total. The second-order valence-corrected chi connectivity index (χ2v) is 4.88. The van der Waals surface area contributed by atoms with Crippen molar-refractivity contribution in [2.45, 2.75) is 44.1 Å². The predicted octanol–water partition coefficient (Wildman–Crippen LogP) is 2.96. The van der Waals surface area contributed by atoms with Crippen molar-refractivity contribution in [2.24, 2.45) is 5.92 Å². The number of alkyl halides is 6. The first-order valence-corrected chi connectivity index (χ1v) is 6.12. The van der Waals surface area contributed by atoms with Gasteiger partial charge in [0.1, 0.15) is 0 Å². The minimum atomic E-state index is -5.71. The summed E-state index contributed by atoms with van der Waals surface area (Å²) in [6.07, 6.45) is -11.2. The van der Waals surface area contributed by atoms with Crippen LogP contribution in [0.5, 0.6) is 0 Å². The molecule has 1 saturated heterocycles. The Balaban J connectivity index is 2.86. The third-order valence-corrected chi connectivity index (χ3v) is 3.58. The molecule has 0 radical (unpaired) electrons. The molecule has 0 aromatic heterocycles. The van der Waals surface area contributed by atoms with Crippen molar-refractivity contribution in [1.82, 2.24) is 4.90 Å². The minimum Gasteiger partial charge on any atom is -0.373 e. The van der Waals surface area contributed by atoms with E-state index in [2.05, 4.69) is 0 Å². The molecule has 0 aromatic rings. The summed E-state index contributed by atoms with van der Waals surface area (Å²) in [6.45, 7) is 2.82. The Morgan fingerprint density at radius 2 is 1.42 bits per heavy atom. The molecule has 0 aliphatic carbocycles. The standard InChI is InChI=1S/C11H17F6NO/c1-2-5-18-6-3-8(4-7-18)9(19,10(12,13)14)11(15,16)17/h8,19H,2-7H2,1H3. The quantitative estimate of drug-likeness (QED) is 0.809. The second-order valence-electron chi connectivity index (χ2n) is 4.88. The number of hydrogen-bond donors (Lipinski definition) is 1. The van der Waals surface area contributed by atoms with Crippen molar-refractivity contribution in [3.8, 4) is 0 Å². The van der Waals surface area contributed by atoms with Crippen LogP contribution in [-0.4, -0.2) is 47.6 Å². The van der Waals surface area contributed by atoms with Crippen molar-refractivity contribution in [2.75, 3.05) is 19.6 Å². The van der Waals surface area contributed by atoms with Crippen molar-refractivity contribution in [3.05, 3.63) is 0 Å². The lowest BCUT2D eigenvalue weighted by molar-refractivity contribution is -0.387. The maximum atomic E-state index is 12.6. The van der Waals surface area contributed by atoms with Gasteiger partial charge in [0, 0.05) is 5.92 Å². The molecule has 19 heavy (non-hydrogen) atoms. The number of nitrogens with zero attached hydrogens (tertiary/aromatic N) is 1. The van der Waals surface area contributed by atoms with Crippen molar-refractivity contribution in [1.29, 1.82) is 0 Å². The second kappa shape index (κ2) is 5.47. The Hall–Kier alpha value is -0.500. The monoisotopic (exact) mass is 293 g/mol. The zero-order chi connectivity index (χ0) is 14.9. The molecule has 114 valence electrons. The van der Waals surface area contributed by atoms with E-state index in [1.807, 2.05) is 11.8 Å². The largest absolute Gasteiger partial charge is 0.426 e. The lowest BCUT2D eigenvalue weighted by Gasteiger charge is -2.42. The maximum Gasteiger partial charge on any atom is 0.426 e. The zero-order valence-electron chi connectivity index (χ0n) is 10.5. The fourth-order valence-corrected chi connectivity index (χ4v) is 2.51. The first-order valence-electron chi connectivity index (χ1n) is 6.12. The highest BCUT2D eigenvalue weighted by molar-refractivity contribution is 5.00. The first kappa shape index (κ1) is 16.6. The topological polar surface area (TPSA) is 23.5 Å². The number of halogens is 6. The van der Waals surface area contributed by atoms with Crippen LogP contribution < -0.4 is 0 Å². The molecule has 0 spiro atoms. The highest BCUT2D eigenvalue weighted by atomic mass is 19.4. The molecule has 0 atom stereocenters. The summed E-state index contributed by atoms with van der Waals surface area (Å²) >= 11 is 0. The fourth-order valence-electron chi connectivity index (χ4n) is 2.51. The SMILES string of the molecule is CCCN1CCC(C(O)(C(F)(F)F)C(F)(F)F)CC1. The van der Waals surface area contributed by atoms with Crippen LogP contribution in [0.2, 0.25) is 0 Å². The van der Waals surface area contributed by atoms with Gasteiger partial charge in [-0.3, -0.25) is 0 Å². The number of likely N-dealkylation sites (tertiary alicyclic amines) is 1. The van der Waals surface area contributed by atoms with Crippen LogP contribution in [0, 0.1) is 5.92 Å². The summed E-state index contributed by atoms with van der Waals surface area (Å²) in [5, 5.41) is 9.26. The van der Waals surface area contributed by atoms with E-state index >= 15 is 0 Å². The van der Waals surface area contributed by atoms with Gasteiger partial charge in [0.25, 0.3) is 5.60 Å². The van der Waals surface area contributed by atoms with Crippen molar-refractivity contribution >= 4 is 0 Å². The fraction of sp³-hybridized carbons (Fsp3) is 1.00. The van der Waals surface area contributed by atoms with Crippen LogP contribution in [0.15, 0.2) is 0 Å². The molecule has 2 nitrogen and oxygen atoms in total. The van der Waals surface area contributed by atoms with Crippen LogP contribution >= 0.6 is 0 Å². The van der Waals surface area contributed by atoms with Crippen LogP contribution in [0.25, 0.3) is 0 Å². The summed E-state index contributed by atoms with van der Waals surface area (Å²) in [6, 6.07) is 0. The molecule has 0 bridgehead atoms. The third-order valence-electron chi connectivity index (χ3n) is 3.58. The Kier molecular flexibility index (Phi) is 4.77. The summed E-state index contributed by atoms with van der Waals surface area (Å²) < 4.78 is 75.9. The average molecular weight is 293 g/mol. The lowest BCUT2D eigenvalue weighted by Crippen LogP contribution is -2.63. The van der Waals surface area contributed by atoms with Crippen LogP contribution in [-0.2, 0) is 0 Å². The number of piperidine rings is 1. The first-order chi connectivity index (χ1) is 8.54. The van der Waals surface area contributed by atoms with E-state index in [1.54, 1.807) is 0 Å². The van der Waals surface area contributed by atoms with Gasteiger partial charge in [-0.05, 0) is 38.9 Å². The smallest absolute Gasteiger partial charge is 0.373 e. The van der Waals surface area contributed by atoms with Gasteiger partial charge >= 0.3 is 12.4 Å². The molecule has 1 heterocycles. The average Bonchev–Trinajstić information content (AvgIpc) is 2.26. The molecule has 1 fully saturated rings. The van der Waals surface area contributed by atoms with Gasteiger partial charge in [-0.2, -0.15) is 26.3 Å². The normalized spacial score (nSPS) is 20.8. The molecule has 0 saturated carbocycles. The van der Waals surface area contributed by atoms with Crippen molar-refractivity contribution in [3.63, 3.8) is 0 Å². The van der Waals surface area contributed by atoms with Gasteiger partial charge in [0.15, 0.2) is 0 Å². The Labute approximate surface area is 107 Å². The predicted molar refractivity (Wildman–Crippen MR) is 56.5 cm³/mol. The van der Waals surface area contributed by atoms with E-state index in [1.165, 1.54) is 0 Å². The van der Waals surface area contributed by atoms with Gasteiger partial charge in [0.05, 0.1) is 0 Å². The van der Waals surface area contributed by atoms with Crippen LogP contribution in [0.1, 0.15) is 26.2 Å². The highest BCUT2D eigenvalue weighted by Crippen LogP contribution is 2.50. The van der Waals surface area contributed by atoms with E-state index in [-0.39, 0.29) is 25.9 Å². The molecule has 1 aliphatic heterocycles. The number of aliphatic hydroxyl groups is 1. The van der Waals surface area contributed by atoms with Gasteiger partial charge in [0.2, 0.25) is 0 Å². The molecular formula is C11H17F6NO. The van der Waals surface area contributed by atoms with E-state index < -0.39 is 23.9 Å². The minimum absolute atomic E-state index is 0.146. The van der Waals surface area contributed by atoms with Crippen molar-refractivity contribution < 1.29 is 31.4 Å². The van der Waals surface area contributed by atoms with Gasteiger partial charge in [-0.15, -0.1) is 0 Å². The molecule has 1 rings (SSSR count). The van der Waals surface area contributed by atoms with Gasteiger partial charge in [-0.1, -0.05) is 6.92 Å². The van der Waals surface area contributed by atoms with E-state index in [0.29, 0.717) is 6.54 Å². The summed E-state index contributed by atoms with van der Waals surface area (Å²) in [5.41, 5.74) is -4.60. The highest BCUT2D eigenvalue weighted by Gasteiger charge is 2.73. The molecule has 8 heteroatoms. The molecule has 1 aliphatic rings. The zero-order valence-corrected chi connectivity index (χ0v) is 10.5. The summed E-state index contributed by atoms with van der Waals surface area (Å²) in [7, 11) is 0. The molecule has 0 amide bonds. The van der Waals surface area contributed by atoms with Crippen LogP contribution in [0.3, 0.4) is 0 Å². The maximum absolute atomic E-state index is 12.6. The van der Waals surface area contributed by atoms with Gasteiger partial charge in [-0.25, -0.2) is 0 Å². The lowest BCUT2D eigenvalue weighted by atomic mass is 9.79. The number of hydrogen-bond acceptors (Lipinski definition) is 2. The molecule has 0 unspecified atom stereocenters. The Morgan fingerprint density at radius 1 is 1.00 bits per heavy atom. The summed E-state index contributed by atoms with van der Waals surface area (Å²) in [5.74, 6) is -1.83. The Morgan fingerprint density at radius 3 is 1.74 bits per heavy atom.